The molecule has 4 nitrogen and oxygen atoms in total. The van der Waals surface area contributed by atoms with Gasteiger partial charge in [-0.15, -0.1) is 11.8 Å². The molecule has 0 aliphatic rings. The summed E-state index contributed by atoms with van der Waals surface area (Å²) in [5.74, 6) is 0.409. The van der Waals surface area contributed by atoms with Crippen molar-refractivity contribution >= 4 is 17.7 Å². The van der Waals surface area contributed by atoms with Gasteiger partial charge in [0.2, 0.25) is 0 Å². The van der Waals surface area contributed by atoms with E-state index in [0.717, 1.165) is 5.56 Å². The lowest BCUT2D eigenvalue weighted by atomic mass is 10.1. The molecular weight excluding hydrogens is 270 g/mol. The standard InChI is InChI=1S/C15H17N3OS/c1-10(12-4-6-13(20-3)7-5-12)17-15(19)14-8-9-16-11(2)18-14/h4-10H,1-3H3,(H,17,19)/t10-/m1/s1. The summed E-state index contributed by atoms with van der Waals surface area (Å²) in [6, 6.07) is 9.72. The number of hydrogen-bond acceptors (Lipinski definition) is 4. The smallest absolute Gasteiger partial charge is 0.270 e. The number of aryl methyl sites for hydroxylation is 1. The van der Waals surface area contributed by atoms with Crippen molar-refractivity contribution in [3.8, 4) is 0 Å². The van der Waals surface area contributed by atoms with Gasteiger partial charge in [-0.2, -0.15) is 0 Å². The summed E-state index contributed by atoms with van der Waals surface area (Å²) in [5.41, 5.74) is 1.46. The Hall–Kier alpha value is -1.88. The molecule has 0 spiro atoms. The Kier molecular flexibility index (Phi) is 4.74. The zero-order valence-corrected chi connectivity index (χ0v) is 12.6. The minimum atomic E-state index is -0.183. The van der Waals surface area contributed by atoms with Crippen molar-refractivity contribution in [2.45, 2.75) is 24.8 Å². The summed E-state index contributed by atoms with van der Waals surface area (Å²) < 4.78 is 0. The summed E-state index contributed by atoms with van der Waals surface area (Å²) in [6.45, 7) is 3.72. The molecule has 0 bridgehead atoms. The number of rotatable bonds is 4. The highest BCUT2D eigenvalue weighted by Crippen LogP contribution is 2.19. The van der Waals surface area contributed by atoms with Crippen LogP contribution in [0.25, 0.3) is 0 Å². The number of nitrogens with one attached hydrogen (secondary N) is 1. The molecule has 104 valence electrons. The Balaban J connectivity index is 2.06. The lowest BCUT2D eigenvalue weighted by Gasteiger charge is -2.14. The molecule has 5 heteroatoms. The quantitative estimate of drug-likeness (QED) is 0.878. The van der Waals surface area contributed by atoms with Gasteiger partial charge in [0.15, 0.2) is 0 Å². The fourth-order valence-corrected chi connectivity index (χ4v) is 2.24. The second kappa shape index (κ2) is 6.52. The van der Waals surface area contributed by atoms with E-state index in [-0.39, 0.29) is 11.9 Å². The third kappa shape index (κ3) is 3.57. The molecule has 20 heavy (non-hydrogen) atoms. The first-order valence-corrected chi connectivity index (χ1v) is 7.57. The largest absolute Gasteiger partial charge is 0.344 e. The van der Waals surface area contributed by atoms with E-state index < -0.39 is 0 Å². The average Bonchev–Trinajstić information content (AvgIpc) is 2.47. The van der Waals surface area contributed by atoms with Crippen LogP contribution in [0.15, 0.2) is 41.4 Å². The van der Waals surface area contributed by atoms with E-state index in [9.17, 15) is 4.79 Å². The molecule has 1 aromatic carbocycles. The summed E-state index contributed by atoms with van der Waals surface area (Å²) in [6.07, 6.45) is 3.63. The number of benzene rings is 1. The number of thioether (sulfide) groups is 1. The zero-order valence-electron chi connectivity index (χ0n) is 11.8. The van der Waals surface area contributed by atoms with Gasteiger partial charge < -0.3 is 5.32 Å². The van der Waals surface area contributed by atoms with Crippen molar-refractivity contribution in [3.63, 3.8) is 0 Å². The summed E-state index contributed by atoms with van der Waals surface area (Å²) >= 11 is 1.70. The van der Waals surface area contributed by atoms with Crippen LogP contribution in [0.4, 0.5) is 0 Å². The van der Waals surface area contributed by atoms with E-state index in [1.54, 1.807) is 30.9 Å². The van der Waals surface area contributed by atoms with Gasteiger partial charge in [-0.25, -0.2) is 9.97 Å². The van der Waals surface area contributed by atoms with Gasteiger partial charge in [0.1, 0.15) is 11.5 Å². The molecule has 0 saturated heterocycles. The van der Waals surface area contributed by atoms with E-state index >= 15 is 0 Å². The minimum Gasteiger partial charge on any atom is -0.344 e. The third-order valence-electron chi connectivity index (χ3n) is 2.97. The molecule has 2 rings (SSSR count). The van der Waals surface area contributed by atoms with Gasteiger partial charge in [-0.05, 0) is 43.9 Å². The van der Waals surface area contributed by atoms with Crippen LogP contribution in [0.1, 0.15) is 34.8 Å². The fraction of sp³-hybridized carbons (Fsp3) is 0.267. The lowest BCUT2D eigenvalue weighted by Crippen LogP contribution is -2.27. The van der Waals surface area contributed by atoms with Crippen molar-refractivity contribution in [2.24, 2.45) is 0 Å². The number of nitrogens with zero attached hydrogens (tertiary/aromatic N) is 2. The number of carbonyl (C=O) groups is 1. The van der Waals surface area contributed by atoms with Crippen LogP contribution in [-0.4, -0.2) is 22.1 Å². The fourth-order valence-electron chi connectivity index (χ4n) is 1.83. The maximum atomic E-state index is 12.1. The van der Waals surface area contributed by atoms with Gasteiger partial charge in [0, 0.05) is 11.1 Å². The molecule has 0 radical (unpaired) electrons. The summed E-state index contributed by atoms with van der Waals surface area (Å²) in [4.78, 5) is 21.4. The molecule has 0 saturated carbocycles. The van der Waals surface area contributed by atoms with Crippen molar-refractivity contribution in [3.05, 3.63) is 53.6 Å². The highest BCUT2D eigenvalue weighted by molar-refractivity contribution is 7.98. The zero-order chi connectivity index (χ0) is 14.5. The van der Waals surface area contributed by atoms with Gasteiger partial charge >= 0.3 is 0 Å². The highest BCUT2D eigenvalue weighted by atomic mass is 32.2. The van der Waals surface area contributed by atoms with Gasteiger partial charge in [0.05, 0.1) is 6.04 Å². The molecule has 1 amide bonds. The first-order chi connectivity index (χ1) is 9.60. The minimum absolute atomic E-state index is 0.0614. The van der Waals surface area contributed by atoms with Crippen LogP contribution in [-0.2, 0) is 0 Å². The molecule has 1 N–H and O–H groups in total. The van der Waals surface area contributed by atoms with Crippen molar-refractivity contribution < 1.29 is 4.79 Å². The van der Waals surface area contributed by atoms with E-state index in [1.165, 1.54) is 4.90 Å². The Bertz CT molecular complexity index is 598. The topological polar surface area (TPSA) is 54.9 Å². The predicted molar refractivity (Wildman–Crippen MR) is 80.9 cm³/mol. The van der Waals surface area contributed by atoms with E-state index in [1.807, 2.05) is 25.3 Å². The number of carbonyl (C=O) groups excluding carboxylic acids is 1. The van der Waals surface area contributed by atoms with Crippen LogP contribution < -0.4 is 5.32 Å². The molecule has 1 heterocycles. The molecule has 1 atom stereocenters. The molecule has 1 aromatic heterocycles. The van der Waals surface area contributed by atoms with Crippen LogP contribution in [0.2, 0.25) is 0 Å². The molecule has 0 unspecified atom stereocenters. The third-order valence-corrected chi connectivity index (χ3v) is 3.72. The first-order valence-electron chi connectivity index (χ1n) is 6.34. The van der Waals surface area contributed by atoms with Crippen molar-refractivity contribution in [2.75, 3.05) is 6.26 Å². The molecule has 0 fully saturated rings. The van der Waals surface area contributed by atoms with Gasteiger partial charge in [-0.1, -0.05) is 12.1 Å². The van der Waals surface area contributed by atoms with Crippen LogP contribution in [0, 0.1) is 6.92 Å². The first kappa shape index (κ1) is 14.5. The van der Waals surface area contributed by atoms with Gasteiger partial charge in [-0.3, -0.25) is 4.79 Å². The molecule has 0 aliphatic heterocycles. The second-order valence-corrected chi connectivity index (χ2v) is 5.34. The van der Waals surface area contributed by atoms with Gasteiger partial charge in [0.25, 0.3) is 5.91 Å². The van der Waals surface area contributed by atoms with E-state index in [4.69, 9.17) is 0 Å². The SMILES string of the molecule is CSc1ccc([C@@H](C)NC(=O)c2ccnc(C)n2)cc1. The van der Waals surface area contributed by atoms with Crippen LogP contribution in [0.5, 0.6) is 0 Å². The van der Waals surface area contributed by atoms with Crippen LogP contribution >= 0.6 is 11.8 Å². The number of hydrogen-bond donors (Lipinski definition) is 1. The number of amides is 1. The predicted octanol–water partition coefficient (Wildman–Crippen LogP) is 3.00. The van der Waals surface area contributed by atoms with E-state index in [2.05, 4.69) is 27.4 Å². The monoisotopic (exact) mass is 287 g/mol. The Morgan fingerprint density at radius 1 is 1.25 bits per heavy atom. The van der Waals surface area contributed by atoms with E-state index in [0.29, 0.717) is 11.5 Å². The Morgan fingerprint density at radius 3 is 2.55 bits per heavy atom. The Labute approximate surface area is 123 Å². The maximum Gasteiger partial charge on any atom is 0.270 e. The van der Waals surface area contributed by atoms with Crippen LogP contribution in [0.3, 0.4) is 0 Å². The summed E-state index contributed by atoms with van der Waals surface area (Å²) in [5, 5.41) is 2.94. The Morgan fingerprint density at radius 2 is 1.95 bits per heavy atom. The second-order valence-electron chi connectivity index (χ2n) is 4.46. The van der Waals surface area contributed by atoms with Crippen molar-refractivity contribution in [1.29, 1.82) is 0 Å². The lowest BCUT2D eigenvalue weighted by molar-refractivity contribution is 0.0934. The maximum absolute atomic E-state index is 12.1. The van der Waals surface area contributed by atoms with Crippen molar-refractivity contribution in [1.82, 2.24) is 15.3 Å². The molecule has 2 aromatic rings. The molecule has 0 aliphatic carbocycles. The summed E-state index contributed by atoms with van der Waals surface area (Å²) in [7, 11) is 0. The number of aromatic nitrogens is 2. The molecular formula is C15H17N3OS. The average molecular weight is 287 g/mol. The normalized spacial score (nSPS) is 11.9. The highest BCUT2D eigenvalue weighted by Gasteiger charge is 2.12.